The molecular formula is C29H22BrN5O4S. The van der Waals surface area contributed by atoms with E-state index in [2.05, 4.69) is 15.9 Å². The summed E-state index contributed by atoms with van der Waals surface area (Å²) in [5.41, 5.74) is 5.33. The monoisotopic (exact) mass is 615 g/mol. The maximum Gasteiger partial charge on any atom is 0.270 e. The zero-order chi connectivity index (χ0) is 27.8. The van der Waals surface area contributed by atoms with E-state index in [1.165, 1.54) is 23.5 Å². The van der Waals surface area contributed by atoms with Gasteiger partial charge >= 0.3 is 0 Å². The summed E-state index contributed by atoms with van der Waals surface area (Å²) in [5.74, 6) is -0.0132. The highest BCUT2D eigenvalue weighted by molar-refractivity contribution is 9.10. The Balaban J connectivity index is 1.43. The van der Waals surface area contributed by atoms with Gasteiger partial charge in [-0.25, -0.2) is 9.99 Å². The first-order chi connectivity index (χ1) is 19.4. The minimum atomic E-state index is -0.398. The molecule has 0 saturated heterocycles. The van der Waals surface area contributed by atoms with E-state index in [9.17, 15) is 20.2 Å². The van der Waals surface area contributed by atoms with Crippen molar-refractivity contribution in [2.45, 2.75) is 25.3 Å². The normalized spacial score (nSPS) is 19.4. The van der Waals surface area contributed by atoms with E-state index in [-0.39, 0.29) is 28.3 Å². The number of rotatable bonds is 6. The van der Waals surface area contributed by atoms with Crippen LogP contribution in [0.1, 0.15) is 36.4 Å². The fraction of sp³-hybridized carbons (Fsp3) is 0.172. The zero-order valence-corrected chi connectivity index (χ0v) is 23.4. The van der Waals surface area contributed by atoms with Gasteiger partial charge in [-0.1, -0.05) is 52.3 Å². The third kappa shape index (κ3) is 5.05. The SMILES string of the molecule is O=[N+]([O-])c1cccc(/C=C2/CCCC3C2=NN(c2nc(-c4ccc(Br)cc4)cs2)C3c2cccc([N+](=O)[O-])c2)c1. The lowest BCUT2D eigenvalue weighted by Gasteiger charge is -2.29. The molecule has 2 heterocycles. The third-order valence-corrected chi connectivity index (χ3v) is 8.53. The number of halogens is 1. The Bertz CT molecular complexity index is 1680. The highest BCUT2D eigenvalue weighted by Gasteiger charge is 2.43. The molecule has 0 bridgehead atoms. The molecule has 0 radical (unpaired) electrons. The van der Waals surface area contributed by atoms with E-state index in [0.717, 1.165) is 57.4 Å². The highest BCUT2D eigenvalue weighted by Crippen LogP contribution is 2.47. The fourth-order valence-corrected chi connectivity index (χ4v) is 6.45. The summed E-state index contributed by atoms with van der Waals surface area (Å²) >= 11 is 4.95. The number of fused-ring (bicyclic) bond motifs is 1. The number of hydrogen-bond acceptors (Lipinski definition) is 8. The molecule has 0 amide bonds. The van der Waals surface area contributed by atoms with Crippen LogP contribution in [0.2, 0.25) is 0 Å². The fourth-order valence-electron chi connectivity index (χ4n) is 5.37. The van der Waals surface area contributed by atoms with Crippen LogP contribution >= 0.6 is 27.3 Å². The molecule has 40 heavy (non-hydrogen) atoms. The van der Waals surface area contributed by atoms with Crippen LogP contribution in [0, 0.1) is 26.1 Å². The Kier molecular flexibility index (Phi) is 6.99. The quantitative estimate of drug-likeness (QED) is 0.159. The maximum absolute atomic E-state index is 11.6. The summed E-state index contributed by atoms with van der Waals surface area (Å²) in [6.07, 6.45) is 4.53. The van der Waals surface area contributed by atoms with Crippen LogP contribution in [0.15, 0.2) is 93.3 Å². The van der Waals surface area contributed by atoms with Gasteiger partial charge in [0.15, 0.2) is 0 Å². The van der Waals surface area contributed by atoms with Crippen LogP contribution in [0.25, 0.3) is 17.3 Å². The van der Waals surface area contributed by atoms with Crippen LogP contribution in [0.3, 0.4) is 0 Å². The first-order valence-electron chi connectivity index (χ1n) is 12.7. The standard InChI is InChI=1S/C29H22BrN5O4S/c30-22-12-10-19(11-13-22)26-17-40-29(31-26)33-28(21-6-2-8-24(16-21)35(38)39)25-9-3-5-20(27(25)32-33)14-18-4-1-7-23(15-18)34(36)37/h1-2,4,6-8,10-17,25,28H,3,5,9H2/b20-14-. The van der Waals surface area contributed by atoms with Crippen LogP contribution in [-0.2, 0) is 0 Å². The molecule has 1 aliphatic carbocycles. The maximum atomic E-state index is 11.6. The molecule has 9 nitrogen and oxygen atoms in total. The highest BCUT2D eigenvalue weighted by atomic mass is 79.9. The molecule has 0 spiro atoms. The van der Waals surface area contributed by atoms with E-state index >= 15 is 0 Å². The van der Waals surface area contributed by atoms with Gasteiger partial charge in [0.2, 0.25) is 5.13 Å². The van der Waals surface area contributed by atoms with E-state index in [1.54, 1.807) is 24.3 Å². The predicted molar refractivity (Wildman–Crippen MR) is 159 cm³/mol. The van der Waals surface area contributed by atoms with Gasteiger partial charge in [0.25, 0.3) is 11.4 Å². The Morgan fingerprint density at radius 1 is 0.975 bits per heavy atom. The van der Waals surface area contributed by atoms with Crippen molar-refractivity contribution in [1.29, 1.82) is 0 Å². The van der Waals surface area contributed by atoms with Gasteiger partial charge in [0, 0.05) is 45.6 Å². The minimum absolute atomic E-state index is 0.0132. The molecule has 2 atom stereocenters. The average molecular weight is 616 g/mol. The first kappa shape index (κ1) is 26.0. The van der Waals surface area contributed by atoms with Crippen molar-refractivity contribution in [3.8, 4) is 11.3 Å². The Morgan fingerprint density at radius 2 is 1.70 bits per heavy atom. The van der Waals surface area contributed by atoms with E-state index in [1.807, 2.05) is 52.9 Å². The van der Waals surface area contributed by atoms with Gasteiger partial charge in [-0.15, -0.1) is 11.3 Å². The van der Waals surface area contributed by atoms with Crippen LogP contribution in [0.5, 0.6) is 0 Å². The molecule has 1 aromatic heterocycles. The van der Waals surface area contributed by atoms with Crippen molar-refractivity contribution in [3.63, 3.8) is 0 Å². The molecular weight excluding hydrogens is 594 g/mol. The molecule has 1 fully saturated rings. The summed E-state index contributed by atoms with van der Waals surface area (Å²) < 4.78 is 0.982. The number of allylic oxidation sites excluding steroid dienone is 1. The number of anilines is 1. The number of hydrogen-bond donors (Lipinski definition) is 0. The summed E-state index contributed by atoms with van der Waals surface area (Å²) in [4.78, 5) is 27.1. The Labute approximate surface area is 241 Å². The molecule has 1 saturated carbocycles. The molecule has 2 unspecified atom stereocenters. The van der Waals surface area contributed by atoms with E-state index in [4.69, 9.17) is 10.1 Å². The van der Waals surface area contributed by atoms with Crippen LogP contribution in [-0.4, -0.2) is 20.5 Å². The lowest BCUT2D eigenvalue weighted by atomic mass is 9.77. The lowest BCUT2D eigenvalue weighted by molar-refractivity contribution is -0.385. The molecule has 4 aromatic rings. The Morgan fingerprint density at radius 3 is 2.45 bits per heavy atom. The van der Waals surface area contributed by atoms with Crippen molar-refractivity contribution < 1.29 is 9.85 Å². The lowest BCUT2D eigenvalue weighted by Crippen LogP contribution is -2.28. The number of thiazole rings is 1. The molecule has 6 rings (SSSR count). The van der Waals surface area contributed by atoms with Gasteiger partial charge in [-0.3, -0.25) is 20.2 Å². The number of nitro benzene ring substituents is 2. The number of nitro groups is 2. The summed E-state index contributed by atoms with van der Waals surface area (Å²) in [7, 11) is 0. The second-order valence-corrected chi connectivity index (χ2v) is 11.4. The van der Waals surface area contributed by atoms with Gasteiger partial charge in [0.05, 0.1) is 27.3 Å². The first-order valence-corrected chi connectivity index (χ1v) is 14.3. The van der Waals surface area contributed by atoms with Gasteiger partial charge < -0.3 is 0 Å². The smallest absolute Gasteiger partial charge is 0.258 e. The van der Waals surface area contributed by atoms with E-state index < -0.39 is 4.92 Å². The topological polar surface area (TPSA) is 115 Å². The van der Waals surface area contributed by atoms with Crippen molar-refractivity contribution >= 4 is 55.6 Å². The molecule has 11 heteroatoms. The predicted octanol–water partition coefficient (Wildman–Crippen LogP) is 8.19. The van der Waals surface area contributed by atoms with Crippen molar-refractivity contribution in [1.82, 2.24) is 4.98 Å². The van der Waals surface area contributed by atoms with E-state index in [0.29, 0.717) is 5.13 Å². The minimum Gasteiger partial charge on any atom is -0.258 e. The van der Waals surface area contributed by atoms with Gasteiger partial charge in [-0.05, 0) is 54.2 Å². The largest absolute Gasteiger partial charge is 0.270 e. The second-order valence-electron chi connectivity index (χ2n) is 9.67. The molecule has 200 valence electrons. The molecule has 0 N–H and O–H groups in total. The molecule has 1 aliphatic heterocycles. The molecule has 2 aliphatic rings. The average Bonchev–Trinajstić information content (AvgIpc) is 3.60. The number of benzene rings is 3. The zero-order valence-electron chi connectivity index (χ0n) is 21.0. The number of non-ortho nitro benzene ring substituents is 2. The van der Waals surface area contributed by atoms with Crippen molar-refractivity contribution in [2.75, 3.05) is 5.01 Å². The number of hydrazone groups is 1. The summed E-state index contributed by atoms with van der Waals surface area (Å²) in [5, 5.41) is 32.6. The number of nitrogens with zero attached hydrogens (tertiary/aromatic N) is 5. The molecule has 3 aromatic carbocycles. The van der Waals surface area contributed by atoms with Crippen molar-refractivity contribution in [3.05, 3.63) is 120 Å². The van der Waals surface area contributed by atoms with Crippen LogP contribution in [0.4, 0.5) is 16.5 Å². The second kappa shape index (κ2) is 10.7. The van der Waals surface area contributed by atoms with Crippen LogP contribution < -0.4 is 5.01 Å². The summed E-state index contributed by atoms with van der Waals surface area (Å²) in [6.45, 7) is 0. The number of aromatic nitrogens is 1. The van der Waals surface area contributed by atoms with Gasteiger partial charge in [0.1, 0.15) is 0 Å². The Hall–Kier alpha value is -4.22. The summed E-state index contributed by atoms with van der Waals surface area (Å²) in [6, 6.07) is 21.0. The third-order valence-electron chi connectivity index (χ3n) is 7.17. The van der Waals surface area contributed by atoms with Gasteiger partial charge in [-0.2, -0.15) is 5.10 Å². The van der Waals surface area contributed by atoms with Crippen molar-refractivity contribution in [2.24, 2.45) is 11.0 Å².